The molecule has 84 valence electrons. The van der Waals surface area contributed by atoms with Crippen LogP contribution in [0.15, 0.2) is 30.3 Å². The van der Waals surface area contributed by atoms with Gasteiger partial charge < -0.3 is 5.01 Å². The van der Waals surface area contributed by atoms with Crippen LogP contribution in [0.1, 0.15) is 39.5 Å². The molecule has 2 heteroatoms. The summed E-state index contributed by atoms with van der Waals surface area (Å²) < 4.78 is 0. The highest BCUT2D eigenvalue weighted by Crippen LogP contribution is 2.17. The van der Waals surface area contributed by atoms with E-state index in [0.717, 1.165) is 12.1 Å². The number of unbranched alkanes of at least 4 members (excludes halogenated alkanes) is 1. The first-order chi connectivity index (χ1) is 7.29. The molecule has 1 unspecified atom stereocenters. The number of para-hydroxylation sites is 1. The van der Waals surface area contributed by atoms with Crippen LogP contribution in [0, 0.1) is 0 Å². The van der Waals surface area contributed by atoms with Crippen LogP contribution in [0.4, 0.5) is 5.69 Å². The summed E-state index contributed by atoms with van der Waals surface area (Å²) in [4.78, 5) is 0. The van der Waals surface area contributed by atoms with Crippen molar-refractivity contribution in [1.82, 2.24) is 0 Å². The van der Waals surface area contributed by atoms with Crippen molar-refractivity contribution in [3.8, 4) is 0 Å². The van der Waals surface area contributed by atoms with Crippen molar-refractivity contribution < 1.29 is 0 Å². The lowest BCUT2D eigenvalue weighted by Crippen LogP contribution is -2.40. The van der Waals surface area contributed by atoms with Crippen molar-refractivity contribution in [3.63, 3.8) is 0 Å². The van der Waals surface area contributed by atoms with Crippen LogP contribution >= 0.6 is 0 Å². The van der Waals surface area contributed by atoms with Gasteiger partial charge >= 0.3 is 0 Å². The van der Waals surface area contributed by atoms with E-state index >= 15 is 0 Å². The van der Waals surface area contributed by atoms with Crippen molar-refractivity contribution >= 4 is 5.69 Å². The monoisotopic (exact) mass is 206 g/mol. The lowest BCUT2D eigenvalue weighted by atomic mass is 10.1. The Kier molecular flexibility index (Phi) is 5.19. The number of hydrogen-bond acceptors (Lipinski definition) is 2. The molecule has 1 rings (SSSR count). The van der Waals surface area contributed by atoms with E-state index in [1.807, 2.05) is 23.2 Å². The molecule has 0 heterocycles. The summed E-state index contributed by atoms with van der Waals surface area (Å²) in [5.74, 6) is 6.12. The Bertz CT molecular complexity index is 258. The molecule has 0 saturated carbocycles. The Morgan fingerprint density at radius 2 is 1.87 bits per heavy atom. The predicted molar refractivity (Wildman–Crippen MR) is 66.7 cm³/mol. The van der Waals surface area contributed by atoms with Crippen LogP contribution in [-0.2, 0) is 0 Å². The third-order valence-corrected chi connectivity index (χ3v) is 2.81. The second-order valence-electron chi connectivity index (χ2n) is 3.95. The lowest BCUT2D eigenvalue weighted by molar-refractivity contribution is 0.520. The van der Waals surface area contributed by atoms with Gasteiger partial charge in [0.05, 0.1) is 5.69 Å². The molecule has 0 aliphatic carbocycles. The van der Waals surface area contributed by atoms with Crippen molar-refractivity contribution in [3.05, 3.63) is 30.3 Å². The smallest absolute Gasteiger partial charge is 0.0520 e. The number of rotatable bonds is 6. The summed E-state index contributed by atoms with van der Waals surface area (Å²) in [5, 5.41) is 1.91. The standard InChI is InChI=1S/C13H22N2/c1-3-5-9-12(4-2)15(14)13-10-7-6-8-11-13/h6-8,10-12H,3-5,9,14H2,1-2H3. The van der Waals surface area contributed by atoms with Crippen molar-refractivity contribution in [1.29, 1.82) is 0 Å². The van der Waals surface area contributed by atoms with Crippen LogP contribution < -0.4 is 10.9 Å². The Labute approximate surface area is 93.1 Å². The summed E-state index contributed by atoms with van der Waals surface area (Å²) in [7, 11) is 0. The Hall–Kier alpha value is -1.02. The highest BCUT2D eigenvalue weighted by Gasteiger charge is 2.12. The summed E-state index contributed by atoms with van der Waals surface area (Å²) in [6.45, 7) is 4.42. The minimum absolute atomic E-state index is 0.465. The number of anilines is 1. The van der Waals surface area contributed by atoms with Gasteiger partial charge in [0.1, 0.15) is 0 Å². The molecule has 0 aromatic heterocycles. The maximum absolute atomic E-state index is 6.12. The van der Waals surface area contributed by atoms with Gasteiger partial charge in [-0.2, -0.15) is 0 Å². The minimum atomic E-state index is 0.465. The number of nitrogens with two attached hydrogens (primary N) is 1. The predicted octanol–water partition coefficient (Wildman–Crippen LogP) is 3.34. The van der Waals surface area contributed by atoms with E-state index in [0.29, 0.717) is 6.04 Å². The SMILES string of the molecule is CCCCC(CC)N(N)c1ccccc1. The molecule has 0 spiro atoms. The van der Waals surface area contributed by atoms with E-state index in [9.17, 15) is 0 Å². The molecule has 15 heavy (non-hydrogen) atoms. The first-order valence-electron chi connectivity index (χ1n) is 5.88. The van der Waals surface area contributed by atoms with Crippen LogP contribution in [-0.4, -0.2) is 6.04 Å². The van der Waals surface area contributed by atoms with Gasteiger partial charge in [0.15, 0.2) is 0 Å². The number of nitrogens with zero attached hydrogens (tertiary/aromatic N) is 1. The van der Waals surface area contributed by atoms with Gasteiger partial charge in [-0.15, -0.1) is 0 Å². The van der Waals surface area contributed by atoms with Gasteiger partial charge in [-0.25, -0.2) is 5.84 Å². The van der Waals surface area contributed by atoms with Crippen LogP contribution in [0.5, 0.6) is 0 Å². The largest absolute Gasteiger partial charge is 0.308 e. The maximum atomic E-state index is 6.12. The highest BCUT2D eigenvalue weighted by atomic mass is 15.4. The van der Waals surface area contributed by atoms with E-state index in [2.05, 4.69) is 26.0 Å². The summed E-state index contributed by atoms with van der Waals surface area (Å²) in [5.41, 5.74) is 1.11. The normalized spacial score (nSPS) is 12.5. The van der Waals surface area contributed by atoms with Crippen LogP contribution in [0.2, 0.25) is 0 Å². The first-order valence-corrected chi connectivity index (χ1v) is 5.88. The zero-order valence-corrected chi connectivity index (χ0v) is 9.82. The minimum Gasteiger partial charge on any atom is -0.308 e. The van der Waals surface area contributed by atoms with Crippen LogP contribution in [0.25, 0.3) is 0 Å². The molecule has 0 bridgehead atoms. The fourth-order valence-electron chi connectivity index (χ4n) is 1.79. The number of hydrogen-bond donors (Lipinski definition) is 1. The van der Waals surface area contributed by atoms with Gasteiger partial charge in [0.2, 0.25) is 0 Å². The molecule has 0 saturated heterocycles. The van der Waals surface area contributed by atoms with Gasteiger partial charge in [0.25, 0.3) is 0 Å². The number of benzene rings is 1. The third kappa shape index (κ3) is 3.56. The zero-order valence-electron chi connectivity index (χ0n) is 9.82. The molecule has 1 aromatic carbocycles. The molecule has 0 aliphatic heterocycles. The van der Waals surface area contributed by atoms with Gasteiger partial charge in [-0.05, 0) is 25.0 Å². The number of hydrazine groups is 1. The first kappa shape index (κ1) is 12.1. The molecular weight excluding hydrogens is 184 g/mol. The van der Waals surface area contributed by atoms with Gasteiger partial charge in [0, 0.05) is 6.04 Å². The second kappa shape index (κ2) is 6.46. The van der Waals surface area contributed by atoms with Crippen molar-refractivity contribution in [2.75, 3.05) is 5.01 Å². The molecule has 0 aliphatic rings. The molecular formula is C13H22N2. The zero-order chi connectivity index (χ0) is 11.1. The van der Waals surface area contributed by atoms with Crippen molar-refractivity contribution in [2.24, 2.45) is 5.84 Å². The van der Waals surface area contributed by atoms with E-state index in [1.165, 1.54) is 19.3 Å². The average Bonchev–Trinajstić information content (AvgIpc) is 2.31. The molecule has 0 radical (unpaired) electrons. The summed E-state index contributed by atoms with van der Waals surface area (Å²) >= 11 is 0. The molecule has 1 aromatic rings. The quantitative estimate of drug-likeness (QED) is 0.571. The van der Waals surface area contributed by atoms with Gasteiger partial charge in [-0.3, -0.25) is 0 Å². The van der Waals surface area contributed by atoms with Crippen LogP contribution in [0.3, 0.4) is 0 Å². The highest BCUT2D eigenvalue weighted by molar-refractivity contribution is 5.45. The second-order valence-corrected chi connectivity index (χ2v) is 3.95. The maximum Gasteiger partial charge on any atom is 0.0520 e. The molecule has 1 atom stereocenters. The fraction of sp³-hybridized carbons (Fsp3) is 0.538. The van der Waals surface area contributed by atoms with E-state index in [-0.39, 0.29) is 0 Å². The lowest BCUT2D eigenvalue weighted by Gasteiger charge is -2.28. The summed E-state index contributed by atoms with van der Waals surface area (Å²) in [6.07, 6.45) is 4.77. The summed E-state index contributed by atoms with van der Waals surface area (Å²) in [6, 6.07) is 10.7. The van der Waals surface area contributed by atoms with E-state index < -0.39 is 0 Å². The Morgan fingerprint density at radius 1 is 1.20 bits per heavy atom. The molecule has 0 fully saturated rings. The van der Waals surface area contributed by atoms with Crippen molar-refractivity contribution in [2.45, 2.75) is 45.6 Å². The Balaban J connectivity index is 2.60. The van der Waals surface area contributed by atoms with Gasteiger partial charge in [-0.1, -0.05) is 44.9 Å². The topological polar surface area (TPSA) is 29.3 Å². The fourth-order valence-corrected chi connectivity index (χ4v) is 1.79. The molecule has 2 nitrogen and oxygen atoms in total. The molecule has 2 N–H and O–H groups in total. The van der Waals surface area contributed by atoms with E-state index in [1.54, 1.807) is 0 Å². The Morgan fingerprint density at radius 3 is 2.40 bits per heavy atom. The van der Waals surface area contributed by atoms with E-state index in [4.69, 9.17) is 5.84 Å². The average molecular weight is 206 g/mol. The molecule has 0 amide bonds. The third-order valence-electron chi connectivity index (χ3n) is 2.81.